The number of piperazine rings is 1. The molecule has 0 radical (unpaired) electrons. The highest BCUT2D eigenvalue weighted by Crippen LogP contribution is 2.23. The van der Waals surface area contributed by atoms with Crippen molar-refractivity contribution in [1.29, 1.82) is 0 Å². The van der Waals surface area contributed by atoms with Crippen LogP contribution in [0.25, 0.3) is 0 Å². The molecule has 0 spiro atoms. The molecule has 5 nitrogen and oxygen atoms in total. The van der Waals surface area contributed by atoms with E-state index in [9.17, 15) is 9.59 Å². The van der Waals surface area contributed by atoms with Gasteiger partial charge in [0.15, 0.2) is 0 Å². The summed E-state index contributed by atoms with van der Waals surface area (Å²) in [6.45, 7) is 9.16. The van der Waals surface area contributed by atoms with E-state index in [4.69, 9.17) is 0 Å². The van der Waals surface area contributed by atoms with Gasteiger partial charge in [0.1, 0.15) is 6.54 Å². The van der Waals surface area contributed by atoms with Crippen LogP contribution < -0.4 is 10.5 Å². The number of anilines is 1. The van der Waals surface area contributed by atoms with Crippen LogP contribution in [0, 0.1) is 20.8 Å². The Morgan fingerprint density at radius 2 is 1.64 bits per heavy atom. The molecule has 1 aromatic heterocycles. The largest absolute Gasteiger partial charge is 0.368 e. The highest BCUT2D eigenvalue weighted by molar-refractivity contribution is 5.76. The molecule has 25 heavy (non-hydrogen) atoms. The van der Waals surface area contributed by atoms with Crippen molar-refractivity contribution in [1.82, 2.24) is 9.47 Å². The highest BCUT2D eigenvalue weighted by Gasteiger charge is 2.22. The van der Waals surface area contributed by atoms with Crippen molar-refractivity contribution in [2.75, 3.05) is 31.1 Å². The smallest absolute Gasteiger partial charge is 0.253 e. The fourth-order valence-electron chi connectivity index (χ4n) is 3.30. The van der Waals surface area contributed by atoms with Gasteiger partial charge in [-0.1, -0.05) is 18.2 Å². The molecular formula is C20H25N3O2. The second-order valence-corrected chi connectivity index (χ2v) is 6.71. The molecule has 1 amide bonds. The van der Waals surface area contributed by atoms with Crippen LogP contribution in [0.4, 0.5) is 5.69 Å². The molecule has 0 aliphatic carbocycles. The molecule has 132 valence electrons. The third-order valence-corrected chi connectivity index (χ3v) is 5.07. The van der Waals surface area contributed by atoms with Crippen molar-refractivity contribution in [3.8, 4) is 0 Å². The van der Waals surface area contributed by atoms with Gasteiger partial charge in [0.25, 0.3) is 5.56 Å². The molecule has 5 heteroatoms. The third-order valence-electron chi connectivity index (χ3n) is 5.07. The zero-order chi connectivity index (χ0) is 18.0. The van der Waals surface area contributed by atoms with Gasteiger partial charge >= 0.3 is 0 Å². The van der Waals surface area contributed by atoms with Crippen molar-refractivity contribution in [3.05, 3.63) is 63.6 Å². The lowest BCUT2D eigenvalue weighted by Gasteiger charge is -2.37. The number of hydrogen-bond donors (Lipinski definition) is 0. The van der Waals surface area contributed by atoms with Crippen LogP contribution in [0.1, 0.15) is 16.7 Å². The van der Waals surface area contributed by atoms with Crippen LogP contribution in [-0.4, -0.2) is 41.6 Å². The van der Waals surface area contributed by atoms with Crippen molar-refractivity contribution >= 4 is 11.6 Å². The highest BCUT2D eigenvalue weighted by atomic mass is 16.2. The summed E-state index contributed by atoms with van der Waals surface area (Å²) in [7, 11) is 0. The molecule has 1 fully saturated rings. The standard InChI is InChI=1S/C20H25N3O2/c1-15-6-4-8-18(17(15)3)21-10-12-22(13-11-21)19(24)14-23-9-5-7-16(2)20(23)25/h4-9H,10-14H2,1-3H3. The van der Waals surface area contributed by atoms with E-state index in [1.807, 2.05) is 11.0 Å². The third kappa shape index (κ3) is 3.60. The second kappa shape index (κ2) is 7.13. The first-order valence-corrected chi connectivity index (χ1v) is 8.72. The van der Waals surface area contributed by atoms with E-state index < -0.39 is 0 Å². The minimum atomic E-state index is -0.0927. The molecule has 2 aromatic rings. The number of carbonyl (C=O) groups is 1. The summed E-state index contributed by atoms with van der Waals surface area (Å²) in [5, 5.41) is 0. The van der Waals surface area contributed by atoms with Crippen LogP contribution in [-0.2, 0) is 11.3 Å². The first-order valence-electron chi connectivity index (χ1n) is 8.72. The Labute approximate surface area is 148 Å². The minimum absolute atomic E-state index is 0.00770. The number of carbonyl (C=O) groups excluding carboxylic acids is 1. The molecule has 0 N–H and O–H groups in total. The van der Waals surface area contributed by atoms with Gasteiger partial charge in [-0.2, -0.15) is 0 Å². The number of aryl methyl sites for hydroxylation is 2. The van der Waals surface area contributed by atoms with Crippen molar-refractivity contribution in [2.24, 2.45) is 0 Å². The lowest BCUT2D eigenvalue weighted by Crippen LogP contribution is -2.50. The monoisotopic (exact) mass is 339 g/mol. The minimum Gasteiger partial charge on any atom is -0.368 e. The summed E-state index contributed by atoms with van der Waals surface area (Å²) < 4.78 is 1.49. The fourth-order valence-corrected chi connectivity index (χ4v) is 3.30. The van der Waals surface area contributed by atoms with Crippen LogP contribution in [0.5, 0.6) is 0 Å². The average Bonchev–Trinajstić information content (AvgIpc) is 2.61. The van der Waals surface area contributed by atoms with Gasteiger partial charge in [0.2, 0.25) is 5.91 Å². The normalized spacial score (nSPS) is 14.7. The zero-order valence-corrected chi connectivity index (χ0v) is 15.2. The Hall–Kier alpha value is -2.56. The number of amides is 1. The predicted octanol–water partition coefficient (Wildman–Crippen LogP) is 2.12. The van der Waals surface area contributed by atoms with E-state index in [0.29, 0.717) is 18.7 Å². The van der Waals surface area contributed by atoms with Gasteiger partial charge in [-0.05, 0) is 44.0 Å². The Morgan fingerprint density at radius 1 is 0.960 bits per heavy atom. The molecule has 0 unspecified atom stereocenters. The first kappa shape index (κ1) is 17.3. The molecule has 3 rings (SSSR count). The zero-order valence-electron chi connectivity index (χ0n) is 15.2. The number of pyridine rings is 1. The summed E-state index contributed by atoms with van der Waals surface area (Å²) in [6.07, 6.45) is 1.68. The molecule has 1 aliphatic rings. The molecule has 0 bridgehead atoms. The summed E-state index contributed by atoms with van der Waals surface area (Å²) in [4.78, 5) is 28.8. The fraction of sp³-hybridized carbons (Fsp3) is 0.400. The number of hydrogen-bond acceptors (Lipinski definition) is 3. The maximum absolute atomic E-state index is 12.5. The maximum atomic E-state index is 12.5. The topological polar surface area (TPSA) is 45.5 Å². The number of rotatable bonds is 3. The quantitative estimate of drug-likeness (QED) is 0.860. The summed E-state index contributed by atoms with van der Waals surface area (Å²) >= 11 is 0. The average molecular weight is 339 g/mol. The van der Waals surface area contributed by atoms with Gasteiger partial charge in [0, 0.05) is 43.6 Å². The van der Waals surface area contributed by atoms with Gasteiger partial charge < -0.3 is 14.4 Å². The molecule has 1 saturated heterocycles. The summed E-state index contributed by atoms with van der Waals surface area (Å²) in [5.74, 6) is 0.00770. The van der Waals surface area contributed by atoms with Crippen LogP contribution in [0.3, 0.4) is 0 Å². The number of nitrogens with zero attached hydrogens (tertiary/aromatic N) is 3. The van der Waals surface area contributed by atoms with Gasteiger partial charge in [0.05, 0.1) is 0 Å². The lowest BCUT2D eigenvalue weighted by atomic mass is 10.1. The Kier molecular flexibility index (Phi) is 4.93. The molecule has 2 heterocycles. The van der Waals surface area contributed by atoms with Crippen molar-refractivity contribution in [3.63, 3.8) is 0 Å². The molecular weight excluding hydrogens is 314 g/mol. The van der Waals surface area contributed by atoms with Crippen molar-refractivity contribution in [2.45, 2.75) is 27.3 Å². The van der Waals surface area contributed by atoms with E-state index >= 15 is 0 Å². The number of benzene rings is 1. The Bertz CT molecular complexity index is 833. The van der Waals surface area contributed by atoms with E-state index in [2.05, 4.69) is 36.9 Å². The second-order valence-electron chi connectivity index (χ2n) is 6.71. The molecule has 0 saturated carbocycles. The first-order chi connectivity index (χ1) is 12.0. The van der Waals surface area contributed by atoms with E-state index in [-0.39, 0.29) is 18.0 Å². The van der Waals surface area contributed by atoms with Gasteiger partial charge in [-0.25, -0.2) is 0 Å². The maximum Gasteiger partial charge on any atom is 0.253 e. The SMILES string of the molecule is Cc1cccc(N2CCN(C(=O)Cn3cccc(C)c3=O)CC2)c1C. The predicted molar refractivity (Wildman–Crippen MR) is 100 cm³/mol. The molecule has 0 atom stereocenters. The van der Waals surface area contributed by atoms with Crippen molar-refractivity contribution < 1.29 is 4.79 Å². The van der Waals surface area contributed by atoms with E-state index in [0.717, 1.165) is 13.1 Å². The van der Waals surface area contributed by atoms with E-state index in [1.54, 1.807) is 19.2 Å². The number of aromatic nitrogens is 1. The van der Waals surface area contributed by atoms with Gasteiger partial charge in [-0.15, -0.1) is 0 Å². The Balaban J connectivity index is 1.64. The van der Waals surface area contributed by atoms with E-state index in [1.165, 1.54) is 21.4 Å². The summed E-state index contributed by atoms with van der Waals surface area (Å²) in [5.41, 5.74) is 4.41. The lowest BCUT2D eigenvalue weighted by molar-refractivity contribution is -0.132. The summed E-state index contributed by atoms with van der Waals surface area (Å²) in [6, 6.07) is 9.93. The van der Waals surface area contributed by atoms with Crippen LogP contribution in [0.15, 0.2) is 41.3 Å². The van der Waals surface area contributed by atoms with Crippen LogP contribution in [0.2, 0.25) is 0 Å². The van der Waals surface area contributed by atoms with Gasteiger partial charge in [-0.3, -0.25) is 9.59 Å². The van der Waals surface area contributed by atoms with Crippen LogP contribution >= 0.6 is 0 Å². The molecule has 1 aromatic carbocycles. The Morgan fingerprint density at radius 3 is 2.36 bits per heavy atom. The molecule has 1 aliphatic heterocycles.